The van der Waals surface area contributed by atoms with E-state index in [-0.39, 0.29) is 2.76 Å². The third-order valence-corrected chi connectivity index (χ3v) is 40.4. The van der Waals surface area contributed by atoms with Crippen LogP contribution in [-0.2, 0) is 22.0 Å². The van der Waals surface area contributed by atoms with Crippen LogP contribution in [-0.4, -0.2) is 36.8 Å². The number of rotatable bonds is 24. The van der Waals surface area contributed by atoms with Crippen LogP contribution < -0.4 is 2.89 Å². The zero-order valence-electron chi connectivity index (χ0n) is 36.2. The number of hydrogen-bond acceptors (Lipinski definition) is 4. The fourth-order valence-electron chi connectivity index (χ4n) is 8.78. The Morgan fingerprint density at radius 2 is 1.17 bits per heavy atom. The summed E-state index contributed by atoms with van der Waals surface area (Å²) in [6.45, 7) is 9.42. The van der Waals surface area contributed by atoms with Gasteiger partial charge in [-0.1, -0.05) is 26.7 Å². The molecule has 0 aliphatic carbocycles. The number of thiophene rings is 3. The molecule has 6 heteroatoms. The Labute approximate surface area is 357 Å². The molecule has 0 bridgehead atoms. The second-order valence-electron chi connectivity index (χ2n) is 19.0. The van der Waals surface area contributed by atoms with Crippen molar-refractivity contribution in [2.75, 3.05) is 0 Å². The van der Waals surface area contributed by atoms with Gasteiger partial charge in [0.1, 0.15) is 0 Å². The summed E-state index contributed by atoms with van der Waals surface area (Å²) < 4.78 is 3.55. The van der Waals surface area contributed by atoms with Crippen LogP contribution in [0.1, 0.15) is 151 Å². The van der Waals surface area contributed by atoms with Gasteiger partial charge in [0.05, 0.1) is 0 Å². The van der Waals surface area contributed by atoms with E-state index in [1.165, 1.54) is 122 Å². The predicted molar refractivity (Wildman–Crippen MR) is 258 cm³/mol. The first-order chi connectivity index (χ1) is 25.8. The molecule has 0 radical (unpaired) electrons. The van der Waals surface area contributed by atoms with E-state index in [2.05, 4.69) is 140 Å². The average Bonchev–Trinajstić information content (AvgIpc) is 3.94. The molecule has 0 fully saturated rings. The van der Waals surface area contributed by atoms with E-state index in [9.17, 15) is 0 Å². The molecule has 3 unspecified atom stereocenters. The van der Waals surface area contributed by atoms with E-state index in [0.717, 1.165) is 11.8 Å². The van der Waals surface area contributed by atoms with Crippen LogP contribution in [0.5, 0.6) is 0 Å². The first-order valence-electron chi connectivity index (χ1n) is 22.3. The molecular weight excluding hydrogens is 942 g/mol. The van der Waals surface area contributed by atoms with E-state index >= 15 is 0 Å². The van der Waals surface area contributed by atoms with Crippen LogP contribution in [0.2, 0.25) is 29.6 Å². The molecule has 0 spiro atoms. The molecule has 0 amide bonds. The Hall–Kier alpha value is 0.527. The van der Waals surface area contributed by atoms with Gasteiger partial charge in [0.2, 0.25) is 0 Å². The van der Waals surface area contributed by atoms with Crippen LogP contribution >= 0.6 is 45.8 Å². The maximum atomic E-state index is 2.74. The van der Waals surface area contributed by atoms with Crippen molar-refractivity contribution < 1.29 is 0 Å². The molecule has 0 N–H and O–H groups in total. The maximum absolute atomic E-state index is 2.74. The summed E-state index contributed by atoms with van der Waals surface area (Å²) in [7, 11) is 0. The minimum absolute atomic E-state index is 0.258. The van der Waals surface area contributed by atoms with Crippen molar-refractivity contribution in [2.45, 2.75) is 187 Å². The molecule has 0 nitrogen and oxygen atoms in total. The van der Waals surface area contributed by atoms with Crippen LogP contribution in [0.3, 0.4) is 0 Å². The third kappa shape index (κ3) is 11.6. The molecule has 300 valence electrons. The summed E-state index contributed by atoms with van der Waals surface area (Å²) in [5.74, 6) is 1.68. The average molecular weight is 1020 g/mol. The summed E-state index contributed by atoms with van der Waals surface area (Å²) in [5, 5.41) is 1.57. The van der Waals surface area contributed by atoms with Gasteiger partial charge in [-0.2, -0.15) is 0 Å². The Balaban J connectivity index is 1.50. The van der Waals surface area contributed by atoms with Crippen LogP contribution in [0.4, 0.5) is 0 Å². The van der Waals surface area contributed by atoms with Crippen LogP contribution in [0, 0.1) is 11.8 Å². The van der Waals surface area contributed by atoms with E-state index in [4.69, 9.17) is 0 Å². The number of benzene rings is 1. The first-order valence-corrected chi connectivity index (χ1v) is 45.5. The van der Waals surface area contributed by atoms with Gasteiger partial charge in [-0.05, 0) is 0 Å². The molecule has 4 aromatic rings. The van der Waals surface area contributed by atoms with Gasteiger partial charge in [0.25, 0.3) is 0 Å². The molecule has 1 aliphatic rings. The summed E-state index contributed by atoms with van der Waals surface area (Å²) in [6.07, 6.45) is 25.9. The van der Waals surface area contributed by atoms with E-state index in [0.29, 0.717) is 0 Å². The number of hydrogen-bond donors (Lipinski definition) is 0. The Morgan fingerprint density at radius 1 is 0.611 bits per heavy atom. The molecule has 4 heterocycles. The standard InChI is InChI=1S/C42H58S4.6CH3.2Sn/c1-5-9-13-15-19-31(17-11-7-3)27-34-21-23-37(44-34)40-30-33-29-39-36(25-26-43-39)41(42(33)46-40)38-24-22-35(45-38)28-32(18-12-8-4)20-16-14-10-6-2;;;;;;;;/h21-25,29,31-32H,5-20,27-28,30H2,1-4H3;6*1H3;;. The Kier molecular flexibility index (Phi) is 17.9. The molecule has 0 saturated carbocycles. The van der Waals surface area contributed by atoms with Crippen molar-refractivity contribution in [2.24, 2.45) is 11.8 Å². The van der Waals surface area contributed by atoms with Crippen molar-refractivity contribution in [3.8, 4) is 10.4 Å². The molecule has 0 saturated heterocycles. The molecule has 1 aliphatic heterocycles. The molecular formula is C48H76S4Sn2. The summed E-state index contributed by atoms with van der Waals surface area (Å²) in [4.78, 5) is 24.2. The van der Waals surface area contributed by atoms with Gasteiger partial charge in [0.15, 0.2) is 0 Å². The second-order valence-corrected chi connectivity index (χ2v) is 55.5. The van der Waals surface area contributed by atoms with Crippen molar-refractivity contribution in [1.29, 1.82) is 0 Å². The zero-order chi connectivity index (χ0) is 38.9. The Morgan fingerprint density at radius 3 is 1.72 bits per heavy atom. The summed E-state index contributed by atoms with van der Waals surface area (Å²) in [6, 6.07) is 15.6. The summed E-state index contributed by atoms with van der Waals surface area (Å²) in [5.41, 5.74) is 3.26. The molecule has 1 aromatic carbocycles. The first kappa shape index (κ1) is 45.6. The molecule has 3 atom stereocenters. The third-order valence-electron chi connectivity index (χ3n) is 12.3. The van der Waals surface area contributed by atoms with Gasteiger partial charge in [-0.15, -0.1) is 0 Å². The minimum atomic E-state index is -2.59. The van der Waals surface area contributed by atoms with Gasteiger partial charge in [-0.3, -0.25) is 0 Å². The van der Waals surface area contributed by atoms with E-state index < -0.39 is 36.8 Å². The van der Waals surface area contributed by atoms with Gasteiger partial charge in [-0.25, -0.2) is 0 Å². The van der Waals surface area contributed by atoms with E-state index in [1.54, 1.807) is 48.5 Å². The fraction of sp³-hybridized carbons (Fsp3) is 0.667. The normalized spacial score (nSPS) is 17.4. The van der Waals surface area contributed by atoms with Crippen molar-refractivity contribution in [3.63, 3.8) is 0 Å². The second kappa shape index (κ2) is 21.2. The number of fused-ring (bicyclic) bond motifs is 2. The zero-order valence-corrected chi connectivity index (χ0v) is 45.2. The molecule has 54 heavy (non-hydrogen) atoms. The van der Waals surface area contributed by atoms with Crippen LogP contribution in [0.25, 0.3) is 20.5 Å². The monoisotopic (exact) mass is 1020 g/mol. The molecule has 3 aromatic heterocycles. The van der Waals surface area contributed by atoms with Gasteiger partial charge < -0.3 is 0 Å². The van der Waals surface area contributed by atoms with Crippen molar-refractivity contribution >= 4 is 95.5 Å². The van der Waals surface area contributed by atoms with Gasteiger partial charge in [0, 0.05) is 0 Å². The van der Waals surface area contributed by atoms with Crippen LogP contribution in [0.15, 0.2) is 41.3 Å². The molecule has 5 rings (SSSR count). The predicted octanol–water partition coefficient (Wildman–Crippen LogP) is 17.3. The summed E-state index contributed by atoms with van der Waals surface area (Å²) >= 11 is 4.03. The SMILES string of the molecule is CCCCCCC(CCCC)Cc1ccc(-c2c3c(cc4s[c]([Sn]([CH3])([CH3])[CH3])cc24)C[C](c2ccc(CC(CCCC)CCCCCC)s2)([Sn]([CH3])([CH3])[CH3])S3)s1. The van der Waals surface area contributed by atoms with E-state index in [1.807, 2.05) is 0 Å². The number of thioether (sulfide) groups is 1. The van der Waals surface area contributed by atoms with Gasteiger partial charge >= 0.3 is 335 Å². The topological polar surface area (TPSA) is 0 Å². The van der Waals surface area contributed by atoms with Crippen molar-refractivity contribution in [3.05, 3.63) is 56.6 Å². The quantitative estimate of drug-likeness (QED) is 0.0498. The van der Waals surface area contributed by atoms with Crippen molar-refractivity contribution in [1.82, 2.24) is 0 Å². The Bertz CT molecular complexity index is 1730. The number of unbranched alkanes of at least 4 members (excludes halogenated alkanes) is 8. The fourth-order valence-corrected chi connectivity index (χ4v) is 29.8.